The van der Waals surface area contributed by atoms with E-state index in [2.05, 4.69) is 11.9 Å². The van der Waals surface area contributed by atoms with Gasteiger partial charge in [0, 0.05) is 18.0 Å². The zero-order chi connectivity index (χ0) is 13.0. The highest BCUT2D eigenvalue weighted by molar-refractivity contribution is 5.60. The first-order chi connectivity index (χ1) is 8.67. The van der Waals surface area contributed by atoms with Crippen molar-refractivity contribution in [2.45, 2.75) is 69.9 Å². The summed E-state index contributed by atoms with van der Waals surface area (Å²) in [5, 5.41) is 10.1. The molecule has 2 atom stereocenters. The van der Waals surface area contributed by atoms with Crippen molar-refractivity contribution >= 4 is 6.29 Å². The van der Waals surface area contributed by atoms with Gasteiger partial charge in [0.05, 0.1) is 6.10 Å². The molecule has 1 N–H and O–H groups in total. The molecule has 2 aliphatic rings. The predicted octanol–water partition coefficient (Wildman–Crippen LogP) is 2.37. The quantitative estimate of drug-likeness (QED) is 0.782. The van der Waals surface area contributed by atoms with Crippen LogP contribution in [0, 0.1) is 5.41 Å². The Bertz CT molecular complexity index is 274. The van der Waals surface area contributed by atoms with Crippen LogP contribution in [0.25, 0.3) is 0 Å². The molecular formula is C15H27NO2. The van der Waals surface area contributed by atoms with Gasteiger partial charge in [-0.2, -0.15) is 0 Å². The van der Waals surface area contributed by atoms with Gasteiger partial charge < -0.3 is 9.90 Å². The van der Waals surface area contributed by atoms with Gasteiger partial charge in [-0.15, -0.1) is 0 Å². The van der Waals surface area contributed by atoms with Crippen LogP contribution in [0.15, 0.2) is 0 Å². The van der Waals surface area contributed by atoms with Crippen molar-refractivity contribution in [2.24, 2.45) is 5.41 Å². The molecule has 104 valence electrons. The number of hydrogen-bond acceptors (Lipinski definition) is 3. The topological polar surface area (TPSA) is 40.5 Å². The Balaban J connectivity index is 1.95. The lowest BCUT2D eigenvalue weighted by Gasteiger charge is -2.41. The average molecular weight is 253 g/mol. The van der Waals surface area contributed by atoms with E-state index in [-0.39, 0.29) is 17.6 Å². The van der Waals surface area contributed by atoms with Crippen LogP contribution in [0.3, 0.4) is 0 Å². The van der Waals surface area contributed by atoms with E-state index in [4.69, 9.17) is 0 Å². The van der Waals surface area contributed by atoms with E-state index >= 15 is 0 Å². The summed E-state index contributed by atoms with van der Waals surface area (Å²) >= 11 is 0. The Hall–Kier alpha value is -0.410. The first-order valence-corrected chi connectivity index (χ1v) is 7.51. The number of aliphatic hydroxyl groups excluding tert-OH is 1. The number of hydrogen-bond donors (Lipinski definition) is 1. The molecule has 2 aliphatic carbocycles. The number of nitrogens with zero attached hydrogens (tertiary/aromatic N) is 1. The van der Waals surface area contributed by atoms with Gasteiger partial charge >= 0.3 is 0 Å². The molecule has 0 aromatic heterocycles. The van der Waals surface area contributed by atoms with E-state index in [9.17, 15) is 9.90 Å². The number of carbonyl (C=O) groups is 1. The van der Waals surface area contributed by atoms with Crippen molar-refractivity contribution in [3.8, 4) is 0 Å². The van der Waals surface area contributed by atoms with E-state index in [0.29, 0.717) is 0 Å². The third-order valence-electron chi connectivity index (χ3n) is 4.92. The van der Waals surface area contributed by atoms with E-state index < -0.39 is 0 Å². The van der Waals surface area contributed by atoms with Crippen LogP contribution in [0.1, 0.15) is 57.8 Å². The molecule has 2 unspecified atom stereocenters. The third kappa shape index (κ3) is 3.12. The summed E-state index contributed by atoms with van der Waals surface area (Å²) in [7, 11) is 2.08. The Morgan fingerprint density at radius 3 is 2.44 bits per heavy atom. The summed E-state index contributed by atoms with van der Waals surface area (Å²) < 4.78 is 0. The Morgan fingerprint density at radius 1 is 1.17 bits per heavy atom. The fourth-order valence-electron chi connectivity index (χ4n) is 3.79. The van der Waals surface area contributed by atoms with Crippen molar-refractivity contribution in [1.29, 1.82) is 0 Å². The maximum absolute atomic E-state index is 11.5. The molecule has 0 saturated heterocycles. The van der Waals surface area contributed by atoms with Crippen LogP contribution >= 0.6 is 0 Å². The lowest BCUT2D eigenvalue weighted by Crippen LogP contribution is -2.48. The van der Waals surface area contributed by atoms with Crippen molar-refractivity contribution in [1.82, 2.24) is 4.90 Å². The lowest BCUT2D eigenvalue weighted by atomic mass is 9.74. The Labute approximate surface area is 111 Å². The summed E-state index contributed by atoms with van der Waals surface area (Å²) in [6.45, 7) is 0.832. The summed E-state index contributed by atoms with van der Waals surface area (Å²) in [4.78, 5) is 13.7. The van der Waals surface area contributed by atoms with Gasteiger partial charge in [-0.05, 0) is 32.7 Å². The van der Waals surface area contributed by atoms with Crippen molar-refractivity contribution in [2.75, 3.05) is 13.6 Å². The second kappa shape index (κ2) is 6.16. The third-order valence-corrected chi connectivity index (χ3v) is 4.92. The van der Waals surface area contributed by atoms with Crippen LogP contribution in [0.4, 0.5) is 0 Å². The molecule has 18 heavy (non-hydrogen) atoms. The van der Waals surface area contributed by atoms with Gasteiger partial charge in [-0.3, -0.25) is 4.90 Å². The smallest absolute Gasteiger partial charge is 0.127 e. The van der Waals surface area contributed by atoms with Crippen LogP contribution in [-0.4, -0.2) is 42.0 Å². The maximum Gasteiger partial charge on any atom is 0.127 e. The summed E-state index contributed by atoms with van der Waals surface area (Å²) in [6, 6.07) is 0.262. The van der Waals surface area contributed by atoms with Crippen molar-refractivity contribution in [3.63, 3.8) is 0 Å². The van der Waals surface area contributed by atoms with Crippen LogP contribution in [0.5, 0.6) is 0 Å². The number of aliphatic hydroxyl groups is 1. The van der Waals surface area contributed by atoms with Crippen molar-refractivity contribution < 1.29 is 9.90 Å². The zero-order valence-corrected chi connectivity index (χ0v) is 11.6. The number of rotatable bonds is 4. The molecule has 0 radical (unpaired) electrons. The summed E-state index contributed by atoms with van der Waals surface area (Å²) in [5.41, 5.74) is -0.135. The van der Waals surface area contributed by atoms with E-state index in [1.807, 2.05) is 0 Å². The molecule has 0 aromatic rings. The highest BCUT2D eigenvalue weighted by Gasteiger charge is 2.36. The van der Waals surface area contributed by atoms with Gasteiger partial charge in [0.25, 0.3) is 0 Å². The molecule has 2 saturated carbocycles. The van der Waals surface area contributed by atoms with Crippen LogP contribution in [0.2, 0.25) is 0 Å². The van der Waals surface area contributed by atoms with Gasteiger partial charge in [-0.25, -0.2) is 0 Å². The normalized spacial score (nSPS) is 32.4. The Kier molecular flexibility index (Phi) is 4.79. The zero-order valence-electron chi connectivity index (χ0n) is 11.6. The minimum Gasteiger partial charge on any atom is -0.391 e. The average Bonchev–Trinajstić information content (AvgIpc) is 2.40. The minimum atomic E-state index is -0.198. The van der Waals surface area contributed by atoms with E-state index in [1.54, 1.807) is 0 Å². The predicted molar refractivity (Wildman–Crippen MR) is 72.5 cm³/mol. The molecule has 0 aliphatic heterocycles. The minimum absolute atomic E-state index is 0.135. The SMILES string of the molecule is CN(CC1(C=O)CCCCC1)C1CCCCC1O. The molecule has 0 amide bonds. The number of aldehydes is 1. The number of likely N-dealkylation sites (N-methyl/N-ethyl adjacent to an activating group) is 1. The van der Waals surface area contributed by atoms with E-state index in [1.165, 1.54) is 32.0 Å². The van der Waals surface area contributed by atoms with Gasteiger partial charge in [0.15, 0.2) is 0 Å². The fourth-order valence-corrected chi connectivity index (χ4v) is 3.79. The first kappa shape index (κ1) is 14.0. The highest BCUT2D eigenvalue weighted by atomic mass is 16.3. The van der Waals surface area contributed by atoms with Gasteiger partial charge in [-0.1, -0.05) is 32.1 Å². The highest BCUT2D eigenvalue weighted by Crippen LogP contribution is 2.36. The molecule has 3 nitrogen and oxygen atoms in total. The standard InChI is InChI=1S/C15H27NO2/c1-16(13-7-3-4-8-14(13)18)11-15(12-17)9-5-2-6-10-15/h12-14,18H,2-11H2,1H3. The monoisotopic (exact) mass is 253 g/mol. The molecule has 0 aromatic carbocycles. The maximum atomic E-state index is 11.5. The molecule has 3 heteroatoms. The fraction of sp³-hybridized carbons (Fsp3) is 0.933. The Morgan fingerprint density at radius 2 is 1.83 bits per heavy atom. The summed E-state index contributed by atoms with van der Waals surface area (Å²) in [6.07, 6.45) is 11.0. The molecular weight excluding hydrogens is 226 g/mol. The molecule has 0 heterocycles. The van der Waals surface area contributed by atoms with E-state index in [0.717, 1.165) is 38.6 Å². The van der Waals surface area contributed by atoms with Crippen molar-refractivity contribution in [3.05, 3.63) is 0 Å². The summed E-state index contributed by atoms with van der Waals surface area (Å²) in [5.74, 6) is 0. The van der Waals surface area contributed by atoms with Crippen LogP contribution < -0.4 is 0 Å². The molecule has 0 bridgehead atoms. The molecule has 0 spiro atoms. The largest absolute Gasteiger partial charge is 0.391 e. The second-order valence-corrected chi connectivity index (χ2v) is 6.38. The van der Waals surface area contributed by atoms with Gasteiger partial charge in [0.2, 0.25) is 0 Å². The lowest BCUT2D eigenvalue weighted by molar-refractivity contribution is -0.120. The molecule has 2 fully saturated rings. The first-order valence-electron chi connectivity index (χ1n) is 7.51. The second-order valence-electron chi connectivity index (χ2n) is 6.38. The molecule has 2 rings (SSSR count). The van der Waals surface area contributed by atoms with Crippen LogP contribution in [-0.2, 0) is 4.79 Å². The number of carbonyl (C=O) groups excluding carboxylic acids is 1. The van der Waals surface area contributed by atoms with Gasteiger partial charge in [0.1, 0.15) is 6.29 Å².